The topological polar surface area (TPSA) is 67.4 Å². The fraction of sp³-hybridized carbons (Fsp3) is 0.348. The summed E-state index contributed by atoms with van der Waals surface area (Å²) in [6.07, 6.45) is 6.25. The Morgan fingerprint density at radius 3 is 2.58 bits per heavy atom. The first-order valence-electron chi connectivity index (χ1n) is 10.4. The van der Waals surface area contributed by atoms with Crippen molar-refractivity contribution in [3.63, 3.8) is 0 Å². The lowest BCUT2D eigenvalue weighted by molar-refractivity contribution is 0.140. The highest BCUT2D eigenvalue weighted by molar-refractivity contribution is 7.09. The summed E-state index contributed by atoms with van der Waals surface area (Å²) >= 11 is 1.47. The number of amides is 1. The van der Waals surface area contributed by atoms with Crippen molar-refractivity contribution in [1.82, 2.24) is 15.3 Å². The second-order valence-electron chi connectivity index (χ2n) is 7.60. The van der Waals surface area contributed by atoms with Crippen molar-refractivity contribution < 1.29 is 13.9 Å². The Morgan fingerprint density at radius 2 is 1.90 bits per heavy atom. The van der Waals surface area contributed by atoms with E-state index >= 15 is 0 Å². The number of rotatable bonds is 7. The lowest BCUT2D eigenvalue weighted by atomic mass is 9.93. The molecule has 1 aliphatic heterocycles. The van der Waals surface area contributed by atoms with Crippen molar-refractivity contribution in [1.29, 1.82) is 0 Å². The van der Waals surface area contributed by atoms with Gasteiger partial charge in [-0.2, -0.15) is 0 Å². The summed E-state index contributed by atoms with van der Waals surface area (Å²) < 4.78 is 18.3. The average Bonchev–Trinajstić information content (AvgIpc) is 3.33. The van der Waals surface area contributed by atoms with E-state index in [-0.39, 0.29) is 18.5 Å². The zero-order chi connectivity index (χ0) is 21.5. The van der Waals surface area contributed by atoms with Crippen LogP contribution in [0.25, 0.3) is 11.1 Å². The summed E-state index contributed by atoms with van der Waals surface area (Å²) in [4.78, 5) is 23.6. The maximum Gasteiger partial charge on any atom is 0.407 e. The Hall–Kier alpha value is -3.00. The van der Waals surface area contributed by atoms with Crippen LogP contribution in [0, 0.1) is 11.7 Å². The molecule has 0 saturated carbocycles. The molecule has 162 valence electrons. The Bertz CT molecular complexity index is 956. The number of piperidine rings is 1. The van der Waals surface area contributed by atoms with Gasteiger partial charge in [0.1, 0.15) is 18.2 Å². The number of carbonyl (C=O) groups excluding carboxylic acids is 1. The van der Waals surface area contributed by atoms with Gasteiger partial charge in [0.2, 0.25) is 0 Å². The molecule has 1 saturated heterocycles. The number of nitrogens with zero attached hydrogens (tertiary/aromatic N) is 3. The van der Waals surface area contributed by atoms with Crippen molar-refractivity contribution in [2.45, 2.75) is 25.9 Å². The molecule has 1 aliphatic rings. The molecule has 2 aromatic heterocycles. The van der Waals surface area contributed by atoms with E-state index in [1.54, 1.807) is 23.8 Å². The van der Waals surface area contributed by atoms with Crippen LogP contribution >= 0.6 is 11.3 Å². The van der Waals surface area contributed by atoms with Crippen LogP contribution < -0.4 is 10.2 Å². The summed E-state index contributed by atoms with van der Waals surface area (Å²) in [5, 5.41) is 2.83. The zero-order valence-electron chi connectivity index (χ0n) is 17.2. The number of carbonyl (C=O) groups is 1. The van der Waals surface area contributed by atoms with Gasteiger partial charge in [0, 0.05) is 37.6 Å². The molecule has 0 unspecified atom stereocenters. The third-order valence-corrected chi connectivity index (χ3v) is 6.27. The Kier molecular flexibility index (Phi) is 7.09. The molecule has 1 aromatic carbocycles. The number of alkyl carbamates (subject to hydrolysis) is 1. The van der Waals surface area contributed by atoms with Crippen LogP contribution in [0.5, 0.6) is 0 Å². The van der Waals surface area contributed by atoms with E-state index in [0.29, 0.717) is 12.5 Å². The lowest BCUT2D eigenvalue weighted by Gasteiger charge is -2.33. The van der Waals surface area contributed by atoms with E-state index in [2.05, 4.69) is 20.2 Å². The Balaban J connectivity index is 1.17. The second kappa shape index (κ2) is 10.3. The number of thiazole rings is 1. The molecule has 0 atom stereocenters. The van der Waals surface area contributed by atoms with Crippen LogP contribution in [0.15, 0.2) is 54.3 Å². The molecule has 3 aromatic rings. The van der Waals surface area contributed by atoms with Crippen LogP contribution in [0.1, 0.15) is 24.1 Å². The van der Waals surface area contributed by atoms with Crippen LogP contribution in [0.4, 0.5) is 15.0 Å². The summed E-state index contributed by atoms with van der Waals surface area (Å²) in [5.74, 6) is 1.31. The highest BCUT2D eigenvalue weighted by Crippen LogP contribution is 2.26. The monoisotopic (exact) mass is 440 g/mol. The number of hydrogen-bond acceptors (Lipinski definition) is 6. The van der Waals surface area contributed by atoms with Crippen molar-refractivity contribution >= 4 is 23.2 Å². The van der Waals surface area contributed by atoms with Crippen molar-refractivity contribution in [3.05, 3.63) is 65.0 Å². The summed E-state index contributed by atoms with van der Waals surface area (Å²) in [6, 6.07) is 10.5. The molecule has 31 heavy (non-hydrogen) atoms. The lowest BCUT2D eigenvalue weighted by Crippen LogP contribution is -2.35. The second-order valence-corrected chi connectivity index (χ2v) is 8.57. The number of ether oxygens (including phenoxy) is 1. The highest BCUT2D eigenvalue weighted by Gasteiger charge is 2.20. The van der Waals surface area contributed by atoms with Gasteiger partial charge >= 0.3 is 6.09 Å². The minimum absolute atomic E-state index is 0.237. The standard InChI is InChI=1S/C23H25FN4O2S/c24-20-4-1-18(2-5-20)19-3-6-22(27-13-19)28-11-8-17(9-12-28)7-10-26-23(29)30-15-21-14-25-16-31-21/h1-6,13-14,16-17H,7-12,15H2,(H,26,29). The van der Waals surface area contributed by atoms with E-state index in [4.69, 9.17) is 4.74 Å². The predicted molar refractivity (Wildman–Crippen MR) is 119 cm³/mol. The number of nitrogens with one attached hydrogen (secondary N) is 1. The highest BCUT2D eigenvalue weighted by atomic mass is 32.1. The SMILES string of the molecule is O=C(NCCC1CCN(c2ccc(-c3ccc(F)cc3)cn2)CC1)OCc1cncs1. The minimum atomic E-state index is -0.378. The molecular formula is C23H25FN4O2S. The van der Waals surface area contributed by atoms with E-state index in [1.165, 1.54) is 23.5 Å². The fourth-order valence-electron chi connectivity index (χ4n) is 3.72. The first kappa shape index (κ1) is 21.2. The number of hydrogen-bond donors (Lipinski definition) is 1. The molecule has 6 nitrogen and oxygen atoms in total. The van der Waals surface area contributed by atoms with E-state index < -0.39 is 0 Å². The molecule has 8 heteroatoms. The Labute approximate surface area is 185 Å². The molecule has 0 bridgehead atoms. The van der Waals surface area contributed by atoms with Gasteiger partial charge in [0.25, 0.3) is 0 Å². The molecule has 1 fully saturated rings. The van der Waals surface area contributed by atoms with Gasteiger partial charge in [-0.05, 0) is 55.0 Å². The molecular weight excluding hydrogens is 415 g/mol. The Morgan fingerprint density at radius 1 is 1.13 bits per heavy atom. The van der Waals surface area contributed by atoms with Gasteiger partial charge in [0.05, 0.1) is 10.4 Å². The molecule has 4 rings (SSSR count). The predicted octanol–water partition coefficient (Wildman–Crippen LogP) is 4.88. The van der Waals surface area contributed by atoms with Gasteiger partial charge in [-0.15, -0.1) is 11.3 Å². The summed E-state index contributed by atoms with van der Waals surface area (Å²) in [5.41, 5.74) is 3.66. The summed E-state index contributed by atoms with van der Waals surface area (Å²) in [6.45, 7) is 2.78. The van der Waals surface area contributed by atoms with Gasteiger partial charge in [-0.1, -0.05) is 12.1 Å². The molecule has 3 heterocycles. The first-order chi connectivity index (χ1) is 15.2. The average molecular weight is 441 g/mol. The smallest absolute Gasteiger partial charge is 0.407 e. The zero-order valence-corrected chi connectivity index (χ0v) is 18.0. The first-order valence-corrected chi connectivity index (χ1v) is 11.3. The molecule has 0 aliphatic carbocycles. The normalized spacial score (nSPS) is 14.4. The number of pyridine rings is 1. The molecule has 1 N–H and O–H groups in total. The largest absolute Gasteiger partial charge is 0.444 e. The van der Waals surface area contributed by atoms with Gasteiger partial charge in [-0.25, -0.2) is 14.2 Å². The van der Waals surface area contributed by atoms with Crippen molar-refractivity contribution in [2.24, 2.45) is 5.92 Å². The maximum atomic E-state index is 13.1. The van der Waals surface area contributed by atoms with Crippen LogP contribution in [0.2, 0.25) is 0 Å². The molecule has 0 spiro atoms. The van der Waals surface area contributed by atoms with Crippen LogP contribution in [-0.2, 0) is 11.3 Å². The molecule has 1 amide bonds. The van der Waals surface area contributed by atoms with E-state index in [1.807, 2.05) is 18.3 Å². The fourth-order valence-corrected chi connectivity index (χ4v) is 4.22. The number of benzene rings is 1. The molecule has 0 radical (unpaired) electrons. The third kappa shape index (κ3) is 6.01. The van der Waals surface area contributed by atoms with Gasteiger partial charge < -0.3 is 15.0 Å². The van der Waals surface area contributed by atoms with Gasteiger partial charge in [0.15, 0.2) is 0 Å². The minimum Gasteiger partial charge on any atom is -0.444 e. The number of aromatic nitrogens is 2. The van der Waals surface area contributed by atoms with Crippen LogP contribution in [-0.4, -0.2) is 35.7 Å². The quantitative estimate of drug-likeness (QED) is 0.567. The van der Waals surface area contributed by atoms with Crippen molar-refractivity contribution in [3.8, 4) is 11.1 Å². The third-order valence-electron chi connectivity index (χ3n) is 5.51. The van der Waals surface area contributed by atoms with Gasteiger partial charge in [-0.3, -0.25) is 4.98 Å². The maximum absolute atomic E-state index is 13.1. The number of halogens is 1. The van der Waals surface area contributed by atoms with E-state index in [0.717, 1.165) is 54.2 Å². The summed E-state index contributed by atoms with van der Waals surface area (Å²) in [7, 11) is 0. The number of anilines is 1. The van der Waals surface area contributed by atoms with E-state index in [9.17, 15) is 9.18 Å². The van der Waals surface area contributed by atoms with Crippen LogP contribution in [0.3, 0.4) is 0 Å². The van der Waals surface area contributed by atoms with Crippen molar-refractivity contribution in [2.75, 3.05) is 24.5 Å².